The van der Waals surface area contributed by atoms with E-state index in [2.05, 4.69) is 5.32 Å². The Labute approximate surface area is 178 Å². The third-order valence-corrected chi connectivity index (χ3v) is 4.85. The van der Waals surface area contributed by atoms with E-state index in [1.165, 1.54) is 6.07 Å². The average Bonchev–Trinajstić information content (AvgIpc) is 2.81. The Balaban J connectivity index is 1.42. The zero-order chi connectivity index (χ0) is 21.6. The molecule has 0 saturated heterocycles. The van der Waals surface area contributed by atoms with Crippen LogP contribution in [0.4, 0.5) is 0 Å². The van der Waals surface area contributed by atoms with E-state index in [9.17, 15) is 14.7 Å². The summed E-state index contributed by atoms with van der Waals surface area (Å²) in [5, 5.41) is 13.5. The predicted octanol–water partition coefficient (Wildman–Crippen LogP) is 3.69. The number of amides is 1. The lowest BCUT2D eigenvalue weighted by atomic mass is 10.0. The number of ether oxygens (including phenoxy) is 1. The maximum absolute atomic E-state index is 12.1. The monoisotopic (exact) mass is 415 g/mol. The van der Waals surface area contributed by atoms with Crippen LogP contribution in [0.3, 0.4) is 0 Å². The lowest BCUT2D eigenvalue weighted by molar-refractivity contribution is -0.123. The van der Waals surface area contributed by atoms with Gasteiger partial charge in [0.25, 0.3) is 5.91 Å². The second kappa shape index (κ2) is 9.28. The minimum absolute atomic E-state index is 0.0826. The molecule has 0 saturated carbocycles. The fourth-order valence-corrected chi connectivity index (χ4v) is 3.29. The summed E-state index contributed by atoms with van der Waals surface area (Å²) in [6, 6.07) is 25.2. The summed E-state index contributed by atoms with van der Waals surface area (Å²) in [5.74, 6) is 0.0363. The summed E-state index contributed by atoms with van der Waals surface area (Å²) in [6.45, 7) is -0.144. The van der Waals surface area contributed by atoms with Crippen molar-refractivity contribution in [3.8, 4) is 16.9 Å². The quantitative estimate of drug-likeness (QED) is 0.450. The Kier molecular flexibility index (Phi) is 6.10. The van der Waals surface area contributed by atoms with Gasteiger partial charge in [0.1, 0.15) is 11.3 Å². The fourth-order valence-electron chi connectivity index (χ4n) is 3.29. The molecule has 6 nitrogen and oxygen atoms in total. The van der Waals surface area contributed by atoms with E-state index in [0.717, 1.165) is 22.1 Å². The average molecular weight is 415 g/mol. The zero-order valence-corrected chi connectivity index (χ0v) is 16.7. The number of benzene rings is 3. The van der Waals surface area contributed by atoms with Crippen LogP contribution in [0.25, 0.3) is 22.1 Å². The molecule has 156 valence electrons. The summed E-state index contributed by atoms with van der Waals surface area (Å²) in [6.07, 6.45) is -0.795. The van der Waals surface area contributed by atoms with Gasteiger partial charge in [0.2, 0.25) is 0 Å². The first-order valence-corrected chi connectivity index (χ1v) is 9.86. The highest BCUT2D eigenvalue weighted by molar-refractivity contribution is 5.93. The number of carbonyl (C=O) groups excluding carboxylic acids is 1. The number of hydrogen-bond donors (Lipinski definition) is 2. The molecule has 1 amide bonds. The number of aliphatic hydroxyl groups excluding tert-OH is 1. The molecule has 2 N–H and O–H groups in total. The molecule has 0 spiro atoms. The Morgan fingerprint density at radius 3 is 2.42 bits per heavy atom. The molecule has 0 bridgehead atoms. The molecule has 1 atom stereocenters. The van der Waals surface area contributed by atoms with E-state index in [1.807, 2.05) is 48.5 Å². The predicted molar refractivity (Wildman–Crippen MR) is 118 cm³/mol. The van der Waals surface area contributed by atoms with Gasteiger partial charge in [-0.25, -0.2) is 4.79 Å². The maximum atomic E-state index is 12.1. The Morgan fingerprint density at radius 2 is 1.68 bits per heavy atom. The van der Waals surface area contributed by atoms with E-state index >= 15 is 0 Å². The van der Waals surface area contributed by atoms with Crippen molar-refractivity contribution >= 4 is 16.9 Å². The number of hydrogen-bond acceptors (Lipinski definition) is 5. The summed E-state index contributed by atoms with van der Waals surface area (Å²) in [4.78, 5) is 24.1. The van der Waals surface area contributed by atoms with Crippen molar-refractivity contribution < 1.29 is 19.1 Å². The Hall–Kier alpha value is -3.90. The van der Waals surface area contributed by atoms with Crippen LogP contribution in [0.2, 0.25) is 0 Å². The van der Waals surface area contributed by atoms with Crippen molar-refractivity contribution in [2.24, 2.45) is 0 Å². The first-order valence-electron chi connectivity index (χ1n) is 9.86. The van der Waals surface area contributed by atoms with Gasteiger partial charge in [-0.3, -0.25) is 4.79 Å². The number of aliphatic hydroxyl groups is 1. The van der Waals surface area contributed by atoms with E-state index in [4.69, 9.17) is 9.15 Å². The van der Waals surface area contributed by atoms with Crippen molar-refractivity contribution in [1.29, 1.82) is 0 Å². The molecule has 3 aromatic carbocycles. The van der Waals surface area contributed by atoms with Crippen LogP contribution in [0.15, 0.2) is 94.1 Å². The number of carbonyl (C=O) groups is 1. The number of rotatable bonds is 7. The molecule has 31 heavy (non-hydrogen) atoms. The van der Waals surface area contributed by atoms with Crippen LogP contribution in [0.5, 0.6) is 5.75 Å². The van der Waals surface area contributed by atoms with Gasteiger partial charge in [-0.1, -0.05) is 60.7 Å². The minimum atomic E-state index is -0.795. The van der Waals surface area contributed by atoms with Crippen LogP contribution >= 0.6 is 0 Å². The number of fused-ring (bicyclic) bond motifs is 1. The third kappa shape index (κ3) is 4.99. The van der Waals surface area contributed by atoms with Crippen molar-refractivity contribution in [1.82, 2.24) is 5.32 Å². The van der Waals surface area contributed by atoms with E-state index in [1.54, 1.807) is 30.3 Å². The van der Waals surface area contributed by atoms with Gasteiger partial charge in [-0.05, 0) is 28.8 Å². The molecule has 0 aliphatic heterocycles. The highest BCUT2D eigenvalue weighted by Gasteiger charge is 2.11. The van der Waals surface area contributed by atoms with E-state index < -0.39 is 11.7 Å². The SMILES string of the molecule is O=C(COc1ccc2c(-c3ccccc3)cc(=O)oc2c1)NC[C@@H](O)c1ccccc1. The molecular formula is C25H21NO5. The maximum Gasteiger partial charge on any atom is 0.336 e. The number of nitrogens with one attached hydrogen (secondary N) is 1. The highest BCUT2D eigenvalue weighted by atomic mass is 16.5. The van der Waals surface area contributed by atoms with Crippen molar-refractivity contribution in [2.45, 2.75) is 6.10 Å². The molecule has 0 radical (unpaired) electrons. The van der Waals surface area contributed by atoms with E-state index in [-0.39, 0.29) is 19.1 Å². The van der Waals surface area contributed by atoms with Crippen molar-refractivity contribution in [2.75, 3.05) is 13.2 Å². The molecule has 0 unspecified atom stereocenters. The summed E-state index contributed by atoms with van der Waals surface area (Å²) < 4.78 is 10.9. The molecule has 0 aliphatic carbocycles. The highest BCUT2D eigenvalue weighted by Crippen LogP contribution is 2.29. The molecule has 0 aliphatic rings. The van der Waals surface area contributed by atoms with Crippen LogP contribution in [0.1, 0.15) is 11.7 Å². The molecule has 1 aromatic heterocycles. The summed E-state index contributed by atoms with van der Waals surface area (Å²) in [5.41, 5.74) is 2.32. The first-order chi connectivity index (χ1) is 15.1. The van der Waals surface area contributed by atoms with Gasteiger partial charge < -0.3 is 19.6 Å². The minimum Gasteiger partial charge on any atom is -0.484 e. The van der Waals surface area contributed by atoms with Crippen molar-refractivity contribution in [3.05, 3.63) is 101 Å². The van der Waals surface area contributed by atoms with Gasteiger partial charge in [0.05, 0.1) is 6.10 Å². The Bertz CT molecular complexity index is 1240. The normalized spacial score (nSPS) is 11.8. The molecule has 6 heteroatoms. The Morgan fingerprint density at radius 1 is 0.968 bits per heavy atom. The third-order valence-electron chi connectivity index (χ3n) is 4.85. The van der Waals surface area contributed by atoms with Crippen LogP contribution < -0.4 is 15.7 Å². The lowest BCUT2D eigenvalue weighted by Gasteiger charge is -2.13. The van der Waals surface area contributed by atoms with Gasteiger partial charge >= 0.3 is 5.63 Å². The molecule has 0 fully saturated rings. The van der Waals surface area contributed by atoms with Crippen LogP contribution in [-0.4, -0.2) is 24.2 Å². The van der Waals surface area contributed by atoms with Gasteiger partial charge in [0, 0.05) is 24.1 Å². The second-order valence-electron chi connectivity index (χ2n) is 7.02. The lowest BCUT2D eigenvalue weighted by Crippen LogP contribution is -2.32. The summed E-state index contributed by atoms with van der Waals surface area (Å²) in [7, 11) is 0. The standard InChI is InChI=1S/C25H21NO5/c27-22(18-9-5-2-6-10-18)15-26-24(28)16-30-19-11-12-20-21(17-7-3-1-4-8-17)14-25(29)31-23(20)13-19/h1-14,22,27H,15-16H2,(H,26,28)/t22-/m1/s1. The molecule has 4 rings (SSSR count). The zero-order valence-electron chi connectivity index (χ0n) is 16.7. The first kappa shape index (κ1) is 20.4. The largest absolute Gasteiger partial charge is 0.484 e. The van der Waals surface area contributed by atoms with Crippen LogP contribution in [-0.2, 0) is 4.79 Å². The van der Waals surface area contributed by atoms with Crippen LogP contribution in [0, 0.1) is 0 Å². The second-order valence-corrected chi connectivity index (χ2v) is 7.02. The van der Waals surface area contributed by atoms with Gasteiger partial charge in [-0.2, -0.15) is 0 Å². The van der Waals surface area contributed by atoms with Gasteiger partial charge in [0.15, 0.2) is 6.61 Å². The summed E-state index contributed by atoms with van der Waals surface area (Å²) >= 11 is 0. The van der Waals surface area contributed by atoms with Crippen molar-refractivity contribution in [3.63, 3.8) is 0 Å². The molecule has 1 heterocycles. The smallest absolute Gasteiger partial charge is 0.336 e. The fraction of sp³-hybridized carbons (Fsp3) is 0.120. The van der Waals surface area contributed by atoms with Gasteiger partial charge in [-0.15, -0.1) is 0 Å². The van der Waals surface area contributed by atoms with E-state index in [0.29, 0.717) is 11.3 Å². The topological polar surface area (TPSA) is 88.8 Å². The molecule has 4 aromatic rings. The molecular weight excluding hydrogens is 394 g/mol.